The van der Waals surface area contributed by atoms with Crippen LogP contribution in [0.4, 0.5) is 0 Å². The molecule has 22 heavy (non-hydrogen) atoms. The van der Waals surface area contributed by atoms with Crippen molar-refractivity contribution >= 4 is 10.4 Å². The highest BCUT2D eigenvalue weighted by atomic mass is 32.3. The molecule has 0 fully saturated rings. The van der Waals surface area contributed by atoms with Crippen LogP contribution in [-0.4, -0.2) is 68.9 Å². The van der Waals surface area contributed by atoms with Crippen LogP contribution in [0.15, 0.2) is 0 Å². The minimum absolute atomic E-state index is 0.0706. The number of hydrogen-bond acceptors (Lipinski definition) is 6. The molecule has 0 aromatic carbocycles. The first-order chi connectivity index (χ1) is 10.4. The van der Waals surface area contributed by atoms with Crippen LogP contribution in [0.1, 0.15) is 39.0 Å². The Morgan fingerprint density at radius 3 is 1.59 bits per heavy atom. The summed E-state index contributed by atoms with van der Waals surface area (Å²) in [6.07, 6.45) is 6.35. The fourth-order valence-electron chi connectivity index (χ4n) is 1.41. The van der Waals surface area contributed by atoms with Gasteiger partial charge in [0.05, 0.1) is 39.6 Å². The average Bonchev–Trinajstić information content (AvgIpc) is 2.42. The van der Waals surface area contributed by atoms with Gasteiger partial charge in [-0.05, 0) is 6.42 Å². The van der Waals surface area contributed by atoms with Crippen LogP contribution < -0.4 is 0 Å². The normalized spacial score (nSPS) is 11.1. The predicted molar refractivity (Wildman–Crippen MR) is 82.5 cm³/mol. The second-order valence-corrected chi connectivity index (χ2v) is 5.32. The zero-order chi connectivity index (χ0) is 17.1. The molecule has 0 aliphatic heterocycles. The van der Waals surface area contributed by atoms with Gasteiger partial charge in [0.1, 0.15) is 0 Å². The van der Waals surface area contributed by atoms with Gasteiger partial charge in [-0.1, -0.05) is 32.6 Å². The largest absolute Gasteiger partial charge is 0.394 e. The van der Waals surface area contributed by atoms with Gasteiger partial charge in [-0.25, -0.2) is 0 Å². The second-order valence-electron chi connectivity index (χ2n) is 4.42. The van der Waals surface area contributed by atoms with E-state index in [1.165, 1.54) is 25.7 Å². The summed E-state index contributed by atoms with van der Waals surface area (Å²) in [4.78, 5) is 0. The predicted octanol–water partition coefficient (Wildman–Crippen LogP) is 1.35. The SMILES string of the molecule is CCCCCCCOCCOCCOCCO.O=S(=O)(O)O. The highest BCUT2D eigenvalue weighted by Gasteiger charge is 1.92. The minimum atomic E-state index is -4.67. The topological polar surface area (TPSA) is 123 Å². The lowest BCUT2D eigenvalue weighted by atomic mass is 10.2. The molecule has 8 nitrogen and oxygen atoms in total. The Hall–Kier alpha value is -0.290. The van der Waals surface area contributed by atoms with Crippen molar-refractivity contribution in [3.05, 3.63) is 0 Å². The molecule has 0 amide bonds. The van der Waals surface area contributed by atoms with E-state index in [1.807, 2.05) is 0 Å². The van der Waals surface area contributed by atoms with E-state index in [0.29, 0.717) is 33.0 Å². The van der Waals surface area contributed by atoms with Crippen molar-refractivity contribution in [2.45, 2.75) is 39.0 Å². The Labute approximate surface area is 133 Å². The van der Waals surface area contributed by atoms with Gasteiger partial charge in [0.2, 0.25) is 0 Å². The summed E-state index contributed by atoms with van der Waals surface area (Å²) < 4.78 is 47.4. The third-order valence-corrected chi connectivity index (χ3v) is 2.37. The van der Waals surface area contributed by atoms with E-state index in [4.69, 9.17) is 36.8 Å². The number of hydrogen-bond donors (Lipinski definition) is 3. The Kier molecular flexibility index (Phi) is 20.4. The summed E-state index contributed by atoms with van der Waals surface area (Å²) in [5.74, 6) is 0. The molecule has 0 aromatic rings. The molecular formula is C13H30O8S. The summed E-state index contributed by atoms with van der Waals surface area (Å²) in [6, 6.07) is 0. The van der Waals surface area contributed by atoms with Crippen LogP contribution in [0.3, 0.4) is 0 Å². The standard InChI is InChI=1S/C13H28O4.H2O4S/c1-2-3-4-5-6-8-15-10-12-17-13-11-16-9-7-14;1-5(2,3)4/h14H,2-13H2,1H3;(H2,1,2,3,4). The lowest BCUT2D eigenvalue weighted by Gasteiger charge is -2.06. The van der Waals surface area contributed by atoms with Crippen molar-refractivity contribution in [2.24, 2.45) is 0 Å². The molecule has 0 heterocycles. The molecule has 3 N–H and O–H groups in total. The van der Waals surface area contributed by atoms with Crippen molar-refractivity contribution in [2.75, 3.05) is 46.2 Å². The van der Waals surface area contributed by atoms with E-state index in [9.17, 15) is 0 Å². The first kappa shape index (κ1) is 24.0. The van der Waals surface area contributed by atoms with Crippen molar-refractivity contribution in [1.82, 2.24) is 0 Å². The van der Waals surface area contributed by atoms with Crippen molar-refractivity contribution < 1.29 is 36.8 Å². The molecule has 0 unspecified atom stereocenters. The first-order valence-electron chi connectivity index (χ1n) is 7.45. The van der Waals surface area contributed by atoms with Crippen LogP contribution in [0.25, 0.3) is 0 Å². The van der Waals surface area contributed by atoms with Gasteiger partial charge in [-0.2, -0.15) is 8.42 Å². The number of ether oxygens (including phenoxy) is 3. The molecule has 0 aromatic heterocycles. The maximum atomic E-state index is 8.74. The van der Waals surface area contributed by atoms with Gasteiger partial charge in [-0.3, -0.25) is 9.11 Å². The van der Waals surface area contributed by atoms with E-state index in [-0.39, 0.29) is 6.61 Å². The van der Waals surface area contributed by atoms with Gasteiger partial charge < -0.3 is 19.3 Å². The molecule has 0 atom stereocenters. The van der Waals surface area contributed by atoms with E-state index >= 15 is 0 Å². The number of unbranched alkanes of at least 4 members (excludes halogenated alkanes) is 4. The lowest BCUT2D eigenvalue weighted by Crippen LogP contribution is -2.11. The van der Waals surface area contributed by atoms with E-state index in [1.54, 1.807) is 0 Å². The Balaban J connectivity index is 0. The van der Waals surface area contributed by atoms with Gasteiger partial charge in [0.25, 0.3) is 0 Å². The van der Waals surface area contributed by atoms with Gasteiger partial charge in [0.15, 0.2) is 0 Å². The smallest absolute Gasteiger partial charge is 0.394 e. The first-order valence-corrected chi connectivity index (χ1v) is 8.85. The van der Waals surface area contributed by atoms with Crippen LogP contribution in [0, 0.1) is 0 Å². The summed E-state index contributed by atoms with van der Waals surface area (Å²) >= 11 is 0. The van der Waals surface area contributed by atoms with Crippen molar-refractivity contribution in [3.8, 4) is 0 Å². The molecule has 0 aliphatic carbocycles. The van der Waals surface area contributed by atoms with Gasteiger partial charge in [-0.15, -0.1) is 0 Å². The summed E-state index contributed by atoms with van der Waals surface area (Å²) in [7, 11) is -4.67. The Morgan fingerprint density at radius 1 is 0.727 bits per heavy atom. The third kappa shape index (κ3) is 36.7. The van der Waals surface area contributed by atoms with Crippen LogP contribution >= 0.6 is 0 Å². The molecule has 0 bridgehead atoms. The van der Waals surface area contributed by atoms with Crippen molar-refractivity contribution in [1.29, 1.82) is 0 Å². The van der Waals surface area contributed by atoms with Gasteiger partial charge >= 0.3 is 10.4 Å². The summed E-state index contributed by atoms with van der Waals surface area (Å²) in [6.45, 7) is 5.91. The Morgan fingerprint density at radius 2 is 1.14 bits per heavy atom. The molecule has 136 valence electrons. The highest BCUT2D eigenvalue weighted by molar-refractivity contribution is 7.79. The number of rotatable bonds is 14. The molecule has 0 saturated carbocycles. The van der Waals surface area contributed by atoms with E-state index in [0.717, 1.165) is 13.0 Å². The third-order valence-electron chi connectivity index (χ3n) is 2.37. The lowest BCUT2D eigenvalue weighted by molar-refractivity contribution is 0.00720. The summed E-state index contributed by atoms with van der Waals surface area (Å²) in [5.41, 5.74) is 0. The number of aliphatic hydroxyl groups is 1. The van der Waals surface area contributed by atoms with Crippen molar-refractivity contribution in [3.63, 3.8) is 0 Å². The highest BCUT2D eigenvalue weighted by Crippen LogP contribution is 2.02. The monoisotopic (exact) mass is 346 g/mol. The van der Waals surface area contributed by atoms with E-state index < -0.39 is 10.4 Å². The minimum Gasteiger partial charge on any atom is -0.394 e. The summed E-state index contributed by atoms with van der Waals surface area (Å²) in [5, 5.41) is 8.46. The molecule has 0 saturated heterocycles. The number of aliphatic hydroxyl groups excluding tert-OH is 1. The second kappa shape index (κ2) is 18.8. The fraction of sp³-hybridized carbons (Fsp3) is 1.00. The molecule has 0 aliphatic rings. The van der Waals surface area contributed by atoms with Crippen LogP contribution in [0.2, 0.25) is 0 Å². The van der Waals surface area contributed by atoms with Crippen LogP contribution in [-0.2, 0) is 24.6 Å². The van der Waals surface area contributed by atoms with E-state index in [2.05, 4.69) is 6.92 Å². The molecule has 9 heteroatoms. The average molecular weight is 346 g/mol. The Bertz CT molecular complexity index is 272. The van der Waals surface area contributed by atoms with Crippen LogP contribution in [0.5, 0.6) is 0 Å². The zero-order valence-corrected chi connectivity index (χ0v) is 14.1. The molecule has 0 rings (SSSR count). The molecule has 0 spiro atoms. The molecule has 0 radical (unpaired) electrons. The fourth-order valence-corrected chi connectivity index (χ4v) is 1.41. The quantitative estimate of drug-likeness (QED) is 0.318. The van der Waals surface area contributed by atoms with Gasteiger partial charge in [0, 0.05) is 6.61 Å². The zero-order valence-electron chi connectivity index (χ0n) is 13.3. The maximum absolute atomic E-state index is 8.74. The molecular weight excluding hydrogens is 316 g/mol. The maximum Gasteiger partial charge on any atom is 0.394 e.